The van der Waals surface area contributed by atoms with Gasteiger partial charge in [-0.05, 0) is 85.1 Å². The van der Waals surface area contributed by atoms with Gasteiger partial charge in [-0.25, -0.2) is 13.2 Å². The molecule has 0 N–H and O–H groups in total. The Hall–Kier alpha value is -1.97. The predicted octanol–water partition coefficient (Wildman–Crippen LogP) is 8.66. The van der Waals surface area contributed by atoms with Gasteiger partial charge in [-0.3, -0.25) is 0 Å². The second-order valence-electron chi connectivity index (χ2n) is 9.92. The normalized spacial score (nSPS) is 25.4. The maximum atomic E-state index is 15.0. The van der Waals surface area contributed by atoms with Gasteiger partial charge in [0.25, 0.3) is 0 Å². The minimum atomic E-state index is -0.824. The Bertz CT molecular complexity index is 902. The van der Waals surface area contributed by atoms with Gasteiger partial charge in [0.2, 0.25) is 0 Å². The molecular weight excluding hydrogens is 409 g/mol. The van der Waals surface area contributed by atoms with Crippen molar-refractivity contribution in [2.45, 2.75) is 77.0 Å². The van der Waals surface area contributed by atoms with E-state index in [1.165, 1.54) is 58.5 Å². The highest BCUT2D eigenvalue weighted by Crippen LogP contribution is 2.48. The van der Waals surface area contributed by atoms with E-state index in [1.54, 1.807) is 12.1 Å². The summed E-state index contributed by atoms with van der Waals surface area (Å²) in [5.41, 5.74) is 1.43. The van der Waals surface area contributed by atoms with Gasteiger partial charge >= 0.3 is 0 Å². The Morgan fingerprint density at radius 2 is 1.56 bits per heavy atom. The summed E-state index contributed by atoms with van der Waals surface area (Å²) in [6.07, 6.45) is 12.9. The Labute approximate surface area is 190 Å². The minimum Gasteiger partial charge on any atom is -0.491 e. The molecule has 4 unspecified atom stereocenters. The lowest BCUT2D eigenvalue weighted by atomic mass is 9.63. The Kier molecular flexibility index (Phi) is 7.48. The topological polar surface area (TPSA) is 9.23 Å². The van der Waals surface area contributed by atoms with E-state index in [1.807, 2.05) is 6.07 Å². The highest BCUT2D eigenvalue weighted by Gasteiger charge is 2.36. The van der Waals surface area contributed by atoms with Gasteiger partial charge in [0, 0.05) is 5.56 Å². The van der Waals surface area contributed by atoms with E-state index >= 15 is 0 Å². The maximum Gasteiger partial charge on any atom is 0.190 e. The number of hydrogen-bond acceptors (Lipinski definition) is 1. The third-order valence-corrected chi connectivity index (χ3v) is 7.92. The summed E-state index contributed by atoms with van der Waals surface area (Å²) < 4.78 is 47.9. The molecule has 2 saturated carbocycles. The summed E-state index contributed by atoms with van der Waals surface area (Å²) in [7, 11) is 1.21. The van der Waals surface area contributed by atoms with Crippen LogP contribution >= 0.6 is 0 Å². The lowest BCUT2D eigenvalue weighted by Crippen LogP contribution is -2.30. The molecular formula is C28H35F3O. The highest BCUT2D eigenvalue weighted by molar-refractivity contribution is 5.66. The second-order valence-corrected chi connectivity index (χ2v) is 9.92. The van der Waals surface area contributed by atoms with Crippen LogP contribution in [0.25, 0.3) is 11.1 Å². The second kappa shape index (κ2) is 10.3. The molecule has 2 aromatic carbocycles. The van der Waals surface area contributed by atoms with Gasteiger partial charge in [0.05, 0.1) is 7.11 Å². The fourth-order valence-corrected chi connectivity index (χ4v) is 6.16. The van der Waals surface area contributed by atoms with E-state index in [0.717, 1.165) is 48.3 Å². The molecule has 1 nitrogen and oxygen atoms in total. The van der Waals surface area contributed by atoms with E-state index in [4.69, 9.17) is 4.74 Å². The summed E-state index contributed by atoms with van der Waals surface area (Å²) in [6.45, 7) is 2.26. The molecule has 4 heteroatoms. The molecule has 4 atom stereocenters. The molecule has 32 heavy (non-hydrogen) atoms. The zero-order valence-corrected chi connectivity index (χ0v) is 19.3. The molecule has 174 valence electrons. The van der Waals surface area contributed by atoms with Crippen LogP contribution in [0.15, 0.2) is 30.3 Å². The fraction of sp³-hybridized carbons (Fsp3) is 0.571. The molecule has 0 bridgehead atoms. The van der Waals surface area contributed by atoms with Crippen molar-refractivity contribution in [1.82, 2.24) is 0 Å². The van der Waals surface area contributed by atoms with Crippen LogP contribution in [0.1, 0.15) is 82.6 Å². The molecule has 0 heterocycles. The Morgan fingerprint density at radius 3 is 2.25 bits per heavy atom. The van der Waals surface area contributed by atoms with Gasteiger partial charge in [0.15, 0.2) is 17.4 Å². The number of methoxy groups -OCH3 is 1. The summed E-state index contributed by atoms with van der Waals surface area (Å²) in [6, 6.07) is 7.45. The van der Waals surface area contributed by atoms with Gasteiger partial charge in [0.1, 0.15) is 5.82 Å². The molecule has 2 aromatic rings. The van der Waals surface area contributed by atoms with Crippen LogP contribution in [0, 0.1) is 35.2 Å². The van der Waals surface area contributed by atoms with Crippen LogP contribution in [0.2, 0.25) is 0 Å². The van der Waals surface area contributed by atoms with Gasteiger partial charge in [-0.2, -0.15) is 0 Å². The smallest absolute Gasteiger partial charge is 0.190 e. The molecule has 0 radical (unpaired) electrons. The van der Waals surface area contributed by atoms with E-state index in [9.17, 15) is 13.2 Å². The zero-order valence-electron chi connectivity index (χ0n) is 19.3. The summed E-state index contributed by atoms with van der Waals surface area (Å²) >= 11 is 0. The summed E-state index contributed by atoms with van der Waals surface area (Å²) in [4.78, 5) is 0. The first-order valence-corrected chi connectivity index (χ1v) is 12.3. The van der Waals surface area contributed by atoms with Crippen LogP contribution in [0.4, 0.5) is 13.2 Å². The van der Waals surface area contributed by atoms with Crippen LogP contribution in [-0.2, 0) is 0 Å². The van der Waals surface area contributed by atoms with Crippen LogP contribution in [0.5, 0.6) is 5.75 Å². The summed E-state index contributed by atoms with van der Waals surface area (Å²) in [5.74, 6) is 0.354. The largest absolute Gasteiger partial charge is 0.491 e. The number of fused-ring (bicyclic) bond motifs is 1. The molecule has 0 amide bonds. The van der Waals surface area contributed by atoms with Gasteiger partial charge < -0.3 is 4.74 Å². The molecule has 0 aliphatic heterocycles. The number of benzene rings is 2. The number of ether oxygens (including phenoxy) is 1. The van der Waals surface area contributed by atoms with Crippen molar-refractivity contribution >= 4 is 0 Å². The first-order chi connectivity index (χ1) is 15.5. The summed E-state index contributed by atoms with van der Waals surface area (Å²) in [5, 5.41) is 0. The van der Waals surface area contributed by atoms with E-state index in [2.05, 4.69) is 6.92 Å². The van der Waals surface area contributed by atoms with E-state index in [-0.39, 0.29) is 11.1 Å². The van der Waals surface area contributed by atoms with Gasteiger partial charge in [-0.15, -0.1) is 0 Å². The third kappa shape index (κ3) is 5.00. The number of hydrogen-bond donors (Lipinski definition) is 0. The molecule has 4 rings (SSSR count). The van der Waals surface area contributed by atoms with Crippen LogP contribution in [-0.4, -0.2) is 7.11 Å². The molecule has 2 aliphatic carbocycles. The van der Waals surface area contributed by atoms with Crippen molar-refractivity contribution in [2.75, 3.05) is 7.11 Å². The number of rotatable bonds is 7. The maximum absolute atomic E-state index is 15.0. The fourth-order valence-electron chi connectivity index (χ4n) is 6.16. The molecule has 0 saturated heterocycles. The van der Waals surface area contributed by atoms with Crippen molar-refractivity contribution < 1.29 is 17.9 Å². The minimum absolute atomic E-state index is 0.190. The molecule has 0 aromatic heterocycles. The standard InChI is InChI=1S/C28H35F3O/c1-3-4-5-6-18-7-8-20-14-21(10-9-19(20)13-18)22-11-12-24(25(29)15-22)23-16-26(30)28(32-2)27(31)17-23/h11-12,15-21H,3-10,13-14H2,1-2H3. The highest BCUT2D eigenvalue weighted by atomic mass is 19.1. The quantitative estimate of drug-likeness (QED) is 0.388. The molecule has 2 fully saturated rings. The third-order valence-electron chi connectivity index (χ3n) is 7.92. The average molecular weight is 445 g/mol. The van der Waals surface area contributed by atoms with Crippen molar-refractivity contribution in [2.24, 2.45) is 17.8 Å². The average Bonchev–Trinajstić information content (AvgIpc) is 2.78. The van der Waals surface area contributed by atoms with E-state index in [0.29, 0.717) is 5.92 Å². The number of unbranched alkanes of at least 4 members (excludes halogenated alkanes) is 2. The first kappa shape index (κ1) is 23.2. The Balaban J connectivity index is 1.43. The van der Waals surface area contributed by atoms with Crippen LogP contribution < -0.4 is 4.74 Å². The molecule has 2 aliphatic rings. The predicted molar refractivity (Wildman–Crippen MR) is 123 cm³/mol. The first-order valence-electron chi connectivity index (χ1n) is 12.3. The lowest BCUT2D eigenvalue weighted by molar-refractivity contribution is 0.113. The van der Waals surface area contributed by atoms with Crippen molar-refractivity contribution in [1.29, 1.82) is 0 Å². The van der Waals surface area contributed by atoms with E-state index < -0.39 is 23.2 Å². The van der Waals surface area contributed by atoms with Crippen LogP contribution in [0.3, 0.4) is 0 Å². The Morgan fingerprint density at radius 1 is 0.844 bits per heavy atom. The molecule has 0 spiro atoms. The van der Waals surface area contributed by atoms with Crippen molar-refractivity contribution in [3.05, 3.63) is 53.3 Å². The van der Waals surface area contributed by atoms with Gasteiger partial charge in [-0.1, -0.05) is 51.2 Å². The van der Waals surface area contributed by atoms with Crippen molar-refractivity contribution in [3.8, 4) is 16.9 Å². The number of halogens is 3. The monoisotopic (exact) mass is 444 g/mol. The van der Waals surface area contributed by atoms with Crippen molar-refractivity contribution in [3.63, 3.8) is 0 Å². The zero-order chi connectivity index (χ0) is 22.7. The SMILES string of the molecule is CCCCCC1CCC2CC(c3ccc(-c4cc(F)c(OC)c(F)c4)c(F)c3)CCC2C1. The lowest BCUT2D eigenvalue weighted by Gasteiger charge is -2.42.